The highest BCUT2D eigenvalue weighted by atomic mass is 35.5. The molecule has 2 aromatic carbocycles. The van der Waals surface area contributed by atoms with Crippen molar-refractivity contribution in [1.82, 2.24) is 0 Å². The van der Waals surface area contributed by atoms with Crippen molar-refractivity contribution in [2.45, 2.75) is 50.9 Å². The summed E-state index contributed by atoms with van der Waals surface area (Å²) in [5.41, 5.74) is 1.91. The predicted octanol–water partition coefficient (Wildman–Crippen LogP) is 4.98. The fourth-order valence-electron chi connectivity index (χ4n) is 2.65. The van der Waals surface area contributed by atoms with Crippen LogP contribution >= 0.6 is 11.6 Å². The maximum atomic E-state index is 12.1. The van der Waals surface area contributed by atoms with Gasteiger partial charge in [-0.15, -0.1) is 11.6 Å². The van der Waals surface area contributed by atoms with Gasteiger partial charge in [-0.2, -0.15) is 0 Å². The third-order valence-electron chi connectivity index (χ3n) is 4.33. The summed E-state index contributed by atoms with van der Waals surface area (Å²) in [6.07, 6.45) is 2.84. The first-order chi connectivity index (χ1) is 13.5. The molecule has 0 saturated heterocycles. The fourth-order valence-corrected chi connectivity index (χ4v) is 3.06. The van der Waals surface area contributed by atoms with E-state index < -0.39 is 23.6 Å². The minimum Gasteiger partial charge on any atom is -0.489 e. The Labute approximate surface area is 171 Å². The normalized spacial score (nSPS) is 14.4. The van der Waals surface area contributed by atoms with Gasteiger partial charge in [-0.1, -0.05) is 56.3 Å². The van der Waals surface area contributed by atoms with Crippen molar-refractivity contribution in [3.05, 3.63) is 71.8 Å². The minimum atomic E-state index is -0.707. The first-order valence-corrected chi connectivity index (χ1v) is 9.94. The van der Waals surface area contributed by atoms with E-state index in [9.17, 15) is 9.90 Å². The molecular weight excluding hydrogens is 376 g/mol. The van der Waals surface area contributed by atoms with E-state index in [-0.39, 0.29) is 0 Å². The Morgan fingerprint density at radius 3 is 2.54 bits per heavy atom. The van der Waals surface area contributed by atoms with Gasteiger partial charge in [-0.25, -0.2) is 4.79 Å². The molecule has 0 aliphatic heterocycles. The van der Waals surface area contributed by atoms with Crippen LogP contribution < -0.4 is 4.74 Å². The molecule has 0 aromatic heterocycles. The van der Waals surface area contributed by atoms with E-state index in [2.05, 4.69) is 0 Å². The molecule has 2 aromatic rings. The van der Waals surface area contributed by atoms with Crippen LogP contribution in [0.15, 0.2) is 60.7 Å². The van der Waals surface area contributed by atoms with E-state index in [0.717, 1.165) is 16.9 Å². The van der Waals surface area contributed by atoms with Gasteiger partial charge in [0.2, 0.25) is 0 Å². The molecule has 0 amide bonds. The van der Waals surface area contributed by atoms with Crippen molar-refractivity contribution >= 4 is 23.6 Å². The van der Waals surface area contributed by atoms with Crippen molar-refractivity contribution in [1.29, 1.82) is 0 Å². The standard InChI is InChI=1S/C23H27ClO4/c1-3-20(25)23(24)21(4-2)28-22(26)14-13-17-11-8-12-19(15-17)27-16-18-9-6-5-7-10-18/h5-15,20-21,23,25H,3-4,16H2,1-2H3/t20-,21+,23?/m1/s1. The number of carbonyl (C=O) groups excluding carboxylic acids is 1. The number of hydrogen-bond acceptors (Lipinski definition) is 4. The summed E-state index contributed by atoms with van der Waals surface area (Å²) in [5.74, 6) is 0.231. The molecule has 150 valence electrons. The highest BCUT2D eigenvalue weighted by Gasteiger charge is 2.26. The average Bonchev–Trinajstić information content (AvgIpc) is 2.74. The first kappa shape index (κ1) is 22.0. The lowest BCUT2D eigenvalue weighted by atomic mass is 10.1. The molecule has 3 atom stereocenters. The van der Waals surface area contributed by atoms with Crippen LogP contribution in [0.25, 0.3) is 6.08 Å². The second-order valence-electron chi connectivity index (χ2n) is 6.48. The topological polar surface area (TPSA) is 55.8 Å². The fraction of sp³-hybridized carbons (Fsp3) is 0.348. The number of ether oxygens (including phenoxy) is 2. The second kappa shape index (κ2) is 11.5. The van der Waals surface area contributed by atoms with Gasteiger partial charge >= 0.3 is 5.97 Å². The van der Waals surface area contributed by atoms with Crippen LogP contribution in [0.1, 0.15) is 37.8 Å². The number of esters is 1. The van der Waals surface area contributed by atoms with Crippen LogP contribution in [0, 0.1) is 0 Å². The Bertz CT molecular complexity index is 760. The molecule has 0 radical (unpaired) electrons. The van der Waals surface area contributed by atoms with Crippen molar-refractivity contribution in [2.75, 3.05) is 0 Å². The number of rotatable bonds is 10. The van der Waals surface area contributed by atoms with Gasteiger partial charge in [0.05, 0.1) is 11.5 Å². The van der Waals surface area contributed by atoms with Gasteiger partial charge in [0, 0.05) is 6.08 Å². The van der Waals surface area contributed by atoms with Gasteiger partial charge in [0.15, 0.2) is 0 Å². The number of aliphatic hydroxyl groups is 1. The number of aliphatic hydroxyl groups excluding tert-OH is 1. The van der Waals surface area contributed by atoms with Gasteiger partial charge in [0.25, 0.3) is 0 Å². The Morgan fingerprint density at radius 2 is 1.86 bits per heavy atom. The molecule has 0 saturated carbocycles. The smallest absolute Gasteiger partial charge is 0.331 e. The zero-order valence-electron chi connectivity index (χ0n) is 16.3. The molecule has 1 N–H and O–H groups in total. The zero-order valence-corrected chi connectivity index (χ0v) is 17.0. The van der Waals surface area contributed by atoms with E-state index in [1.54, 1.807) is 6.08 Å². The van der Waals surface area contributed by atoms with Crippen molar-refractivity contribution in [3.63, 3.8) is 0 Å². The monoisotopic (exact) mass is 402 g/mol. The molecule has 28 heavy (non-hydrogen) atoms. The van der Waals surface area contributed by atoms with Crippen LogP contribution in [0.2, 0.25) is 0 Å². The van der Waals surface area contributed by atoms with Crippen molar-refractivity contribution < 1.29 is 19.4 Å². The summed E-state index contributed by atoms with van der Waals surface area (Å²) in [4.78, 5) is 12.1. The number of hydrogen-bond donors (Lipinski definition) is 1. The molecule has 2 rings (SSSR count). The quantitative estimate of drug-likeness (QED) is 0.346. The summed E-state index contributed by atoms with van der Waals surface area (Å²) >= 11 is 6.20. The molecule has 0 aliphatic carbocycles. The predicted molar refractivity (Wildman–Crippen MR) is 112 cm³/mol. The van der Waals surface area contributed by atoms with Gasteiger partial charge < -0.3 is 14.6 Å². The maximum absolute atomic E-state index is 12.1. The van der Waals surface area contributed by atoms with Crippen molar-refractivity contribution in [2.24, 2.45) is 0 Å². The van der Waals surface area contributed by atoms with Crippen LogP contribution in [-0.4, -0.2) is 28.7 Å². The molecule has 1 unspecified atom stereocenters. The molecule has 0 bridgehead atoms. The Kier molecular flexibility index (Phi) is 9.05. The molecule has 0 fully saturated rings. The Morgan fingerprint density at radius 1 is 1.11 bits per heavy atom. The van der Waals surface area contributed by atoms with E-state index in [0.29, 0.717) is 19.4 Å². The lowest BCUT2D eigenvalue weighted by Gasteiger charge is -2.24. The number of alkyl halides is 1. The Balaban J connectivity index is 1.93. The number of benzene rings is 2. The minimum absolute atomic E-state index is 0.477. The van der Waals surface area contributed by atoms with E-state index >= 15 is 0 Å². The van der Waals surface area contributed by atoms with Crippen LogP contribution in [0.4, 0.5) is 0 Å². The molecule has 4 nitrogen and oxygen atoms in total. The summed E-state index contributed by atoms with van der Waals surface area (Å²) < 4.78 is 11.2. The lowest BCUT2D eigenvalue weighted by Crippen LogP contribution is -2.35. The summed E-state index contributed by atoms with van der Waals surface area (Å²) in [7, 11) is 0. The summed E-state index contributed by atoms with van der Waals surface area (Å²) in [6, 6.07) is 17.4. The second-order valence-corrected chi connectivity index (χ2v) is 6.99. The summed E-state index contributed by atoms with van der Waals surface area (Å²) in [6.45, 7) is 4.18. The number of halogens is 1. The SMILES string of the molecule is CC[C@@H](O)C(Cl)[C@H](CC)OC(=O)C=Cc1cccc(OCc2ccccc2)c1. The third kappa shape index (κ3) is 7.02. The first-order valence-electron chi connectivity index (χ1n) is 9.51. The molecule has 5 heteroatoms. The van der Waals surface area contributed by atoms with E-state index in [1.807, 2.05) is 68.4 Å². The molecule has 0 aliphatic rings. The highest BCUT2D eigenvalue weighted by molar-refractivity contribution is 6.21. The van der Waals surface area contributed by atoms with Gasteiger partial charge in [-0.3, -0.25) is 0 Å². The third-order valence-corrected chi connectivity index (χ3v) is 4.90. The maximum Gasteiger partial charge on any atom is 0.331 e. The largest absolute Gasteiger partial charge is 0.489 e. The average molecular weight is 403 g/mol. The summed E-state index contributed by atoms with van der Waals surface area (Å²) in [5, 5.41) is 9.23. The van der Waals surface area contributed by atoms with Crippen LogP contribution in [0.3, 0.4) is 0 Å². The van der Waals surface area contributed by atoms with Crippen molar-refractivity contribution in [3.8, 4) is 5.75 Å². The molecule has 0 spiro atoms. The van der Waals surface area contributed by atoms with E-state index in [4.69, 9.17) is 21.1 Å². The Hall–Kier alpha value is -2.30. The lowest BCUT2D eigenvalue weighted by molar-refractivity contribution is -0.144. The van der Waals surface area contributed by atoms with Gasteiger partial charge in [0.1, 0.15) is 18.5 Å². The van der Waals surface area contributed by atoms with Crippen LogP contribution in [0.5, 0.6) is 5.75 Å². The zero-order chi connectivity index (χ0) is 20.4. The van der Waals surface area contributed by atoms with Crippen LogP contribution in [-0.2, 0) is 16.1 Å². The van der Waals surface area contributed by atoms with E-state index in [1.165, 1.54) is 6.08 Å². The molecular formula is C23H27ClO4. The highest BCUT2D eigenvalue weighted by Crippen LogP contribution is 2.19. The number of carbonyl (C=O) groups is 1. The molecule has 0 heterocycles. The van der Waals surface area contributed by atoms with Gasteiger partial charge in [-0.05, 0) is 42.2 Å².